The van der Waals surface area contributed by atoms with E-state index in [1.54, 1.807) is 12.1 Å². The van der Waals surface area contributed by atoms with E-state index in [0.29, 0.717) is 33.7 Å². The van der Waals surface area contributed by atoms with E-state index in [1.165, 1.54) is 12.1 Å². The predicted octanol–water partition coefficient (Wildman–Crippen LogP) is 6.54. The number of piperidine rings is 1. The number of carboxylic acids is 1. The van der Waals surface area contributed by atoms with Crippen LogP contribution in [0.5, 0.6) is 0 Å². The Bertz CT molecular complexity index is 1340. The van der Waals surface area contributed by atoms with Gasteiger partial charge in [-0.05, 0) is 74.9 Å². The van der Waals surface area contributed by atoms with E-state index in [1.807, 2.05) is 18.2 Å². The van der Waals surface area contributed by atoms with Crippen LogP contribution < -0.4 is 10.6 Å². The first-order valence-corrected chi connectivity index (χ1v) is 13.7. The topological polar surface area (TPSA) is 108 Å². The first kappa shape index (κ1) is 25.2. The Morgan fingerprint density at radius 2 is 1.66 bits per heavy atom. The number of benzene rings is 2. The highest BCUT2D eigenvalue weighted by Gasteiger charge is 2.43. The van der Waals surface area contributed by atoms with Crippen molar-refractivity contribution in [2.24, 2.45) is 0 Å². The highest BCUT2D eigenvalue weighted by atomic mass is 35.5. The Morgan fingerprint density at radius 1 is 1.00 bits per heavy atom. The molecule has 3 N–H and O–H groups in total. The molecule has 2 aromatic carbocycles. The summed E-state index contributed by atoms with van der Waals surface area (Å²) in [6, 6.07) is 12.1. The second-order valence-corrected chi connectivity index (χ2v) is 11.3. The standard InChI is InChI=1S/C28H28Cl2N4O4/c29-22-2-1-3-23(30)24(22)25-21(26(38-33-25)15-4-5-15)14-34-19-10-11-20(34)13-18(12-19)32-28(37)31-17-8-6-16(7-9-17)27(35)36/h1-3,6-9,15,18-20H,4-5,10-14H2,(H,35,36)(H2,31,32,37). The van der Waals surface area contributed by atoms with Gasteiger partial charge in [-0.3, -0.25) is 4.90 Å². The highest BCUT2D eigenvalue weighted by Crippen LogP contribution is 2.47. The molecule has 38 heavy (non-hydrogen) atoms. The molecule has 1 saturated carbocycles. The van der Waals surface area contributed by atoms with Crippen molar-refractivity contribution in [2.45, 2.75) is 69.1 Å². The van der Waals surface area contributed by atoms with Crippen LogP contribution in [0.25, 0.3) is 11.3 Å². The smallest absolute Gasteiger partial charge is 0.335 e. The molecule has 2 saturated heterocycles. The van der Waals surface area contributed by atoms with E-state index in [4.69, 9.17) is 32.8 Å². The van der Waals surface area contributed by atoms with Crippen LogP contribution in [0, 0.1) is 0 Å². The Morgan fingerprint density at radius 3 is 2.26 bits per heavy atom. The summed E-state index contributed by atoms with van der Waals surface area (Å²) in [5.74, 6) is 0.349. The number of halogens is 2. The van der Waals surface area contributed by atoms with Crippen molar-refractivity contribution in [1.29, 1.82) is 0 Å². The van der Waals surface area contributed by atoms with Crippen LogP contribution in [0.15, 0.2) is 47.0 Å². The summed E-state index contributed by atoms with van der Waals surface area (Å²) in [7, 11) is 0. The molecule has 3 aliphatic rings. The number of carbonyl (C=O) groups excluding carboxylic acids is 1. The van der Waals surface area contributed by atoms with Crippen molar-refractivity contribution in [1.82, 2.24) is 15.4 Å². The second-order valence-electron chi connectivity index (χ2n) is 10.5. The minimum absolute atomic E-state index is 0.0601. The minimum Gasteiger partial charge on any atom is -0.478 e. The molecule has 1 aromatic heterocycles. The number of aromatic nitrogens is 1. The van der Waals surface area contributed by atoms with Gasteiger partial charge in [0.15, 0.2) is 0 Å². The summed E-state index contributed by atoms with van der Waals surface area (Å²) in [4.78, 5) is 26.2. The molecule has 2 unspecified atom stereocenters. The summed E-state index contributed by atoms with van der Waals surface area (Å²) in [6.45, 7) is 0.719. The van der Waals surface area contributed by atoms with Crippen molar-refractivity contribution in [3.63, 3.8) is 0 Å². The molecule has 1 aliphatic carbocycles. The van der Waals surface area contributed by atoms with Crippen LogP contribution in [-0.2, 0) is 6.54 Å². The average molecular weight is 555 g/mol. The number of fused-ring (bicyclic) bond motifs is 2. The van der Waals surface area contributed by atoms with E-state index in [9.17, 15) is 9.59 Å². The first-order chi connectivity index (χ1) is 18.4. The normalized spacial score (nSPS) is 22.8. The highest BCUT2D eigenvalue weighted by molar-refractivity contribution is 6.39. The Labute approximate surface area is 230 Å². The Kier molecular flexibility index (Phi) is 6.80. The maximum atomic E-state index is 12.7. The molecule has 0 spiro atoms. The zero-order chi connectivity index (χ0) is 26.4. The SMILES string of the molecule is O=C(Nc1ccc(C(=O)O)cc1)NC1CC2CCC(C1)N2Cc1c(-c2c(Cl)cccc2Cl)noc1C1CC1. The van der Waals surface area contributed by atoms with Gasteiger partial charge in [0.2, 0.25) is 0 Å². The van der Waals surface area contributed by atoms with Crippen LogP contribution in [0.1, 0.15) is 66.1 Å². The predicted molar refractivity (Wildman–Crippen MR) is 145 cm³/mol. The molecule has 2 aliphatic heterocycles. The van der Waals surface area contributed by atoms with Gasteiger partial charge in [-0.25, -0.2) is 9.59 Å². The minimum atomic E-state index is -0.999. The molecule has 10 heteroatoms. The lowest BCUT2D eigenvalue weighted by Gasteiger charge is -2.39. The Hall–Kier alpha value is -3.07. The van der Waals surface area contributed by atoms with Crippen LogP contribution in [0.4, 0.5) is 10.5 Å². The number of carbonyl (C=O) groups is 2. The zero-order valence-electron chi connectivity index (χ0n) is 20.6. The number of hydrogen-bond donors (Lipinski definition) is 3. The summed E-state index contributed by atoms with van der Waals surface area (Å²) < 4.78 is 5.88. The van der Waals surface area contributed by atoms with Gasteiger partial charge in [0, 0.05) is 47.4 Å². The average Bonchev–Trinajstić information content (AvgIpc) is 3.60. The fourth-order valence-electron chi connectivity index (χ4n) is 5.94. The molecular weight excluding hydrogens is 527 g/mol. The van der Waals surface area contributed by atoms with Crippen LogP contribution in [0.3, 0.4) is 0 Å². The molecule has 3 aromatic rings. The number of hydrogen-bond acceptors (Lipinski definition) is 5. The lowest BCUT2D eigenvalue weighted by molar-refractivity contribution is 0.0697. The number of carboxylic acid groups (broad SMARTS) is 1. The van der Waals surface area contributed by atoms with E-state index in [0.717, 1.165) is 67.7 Å². The molecule has 3 heterocycles. The van der Waals surface area contributed by atoms with Gasteiger partial charge in [0.25, 0.3) is 0 Å². The largest absolute Gasteiger partial charge is 0.478 e. The number of urea groups is 1. The lowest BCUT2D eigenvalue weighted by atomic mass is 9.95. The second kappa shape index (κ2) is 10.2. The summed E-state index contributed by atoms with van der Waals surface area (Å²) in [6.07, 6.45) is 6.07. The molecule has 0 radical (unpaired) electrons. The van der Waals surface area contributed by atoms with Crippen LogP contribution in [0.2, 0.25) is 10.0 Å². The van der Waals surface area contributed by atoms with E-state index < -0.39 is 5.97 Å². The number of nitrogens with one attached hydrogen (secondary N) is 2. The molecule has 198 valence electrons. The quantitative estimate of drug-likeness (QED) is 0.306. The van der Waals surface area contributed by atoms with Gasteiger partial charge in [-0.15, -0.1) is 0 Å². The number of aromatic carboxylic acids is 1. The van der Waals surface area contributed by atoms with Gasteiger partial charge in [0.05, 0.1) is 15.6 Å². The number of rotatable bonds is 7. The molecule has 2 bridgehead atoms. The fourth-order valence-corrected chi connectivity index (χ4v) is 6.52. The van der Waals surface area contributed by atoms with Crippen molar-refractivity contribution < 1.29 is 19.2 Å². The van der Waals surface area contributed by atoms with Crippen molar-refractivity contribution in [3.05, 3.63) is 69.4 Å². The van der Waals surface area contributed by atoms with Gasteiger partial charge < -0.3 is 20.3 Å². The van der Waals surface area contributed by atoms with Crippen molar-refractivity contribution in [2.75, 3.05) is 5.32 Å². The summed E-state index contributed by atoms with van der Waals surface area (Å²) in [5, 5.41) is 20.5. The molecule has 3 fully saturated rings. The van der Waals surface area contributed by atoms with Crippen molar-refractivity contribution >= 4 is 40.9 Å². The fraction of sp³-hybridized carbons (Fsp3) is 0.393. The number of amides is 2. The summed E-state index contributed by atoms with van der Waals surface area (Å²) >= 11 is 13.1. The molecular formula is C28H28Cl2N4O4. The van der Waals surface area contributed by atoms with Gasteiger partial charge in [-0.1, -0.05) is 34.4 Å². The maximum absolute atomic E-state index is 12.7. The third-order valence-corrected chi connectivity index (χ3v) is 8.55. The van der Waals surface area contributed by atoms with Crippen molar-refractivity contribution in [3.8, 4) is 11.3 Å². The first-order valence-electron chi connectivity index (χ1n) is 13.0. The third kappa shape index (κ3) is 5.00. The van der Waals surface area contributed by atoms with Crippen LogP contribution in [-0.4, -0.2) is 45.3 Å². The van der Waals surface area contributed by atoms with E-state index in [2.05, 4.69) is 20.7 Å². The zero-order valence-corrected chi connectivity index (χ0v) is 22.1. The van der Waals surface area contributed by atoms with Gasteiger partial charge in [-0.2, -0.15) is 0 Å². The van der Waals surface area contributed by atoms with Crippen LogP contribution >= 0.6 is 23.2 Å². The van der Waals surface area contributed by atoms with Gasteiger partial charge in [0.1, 0.15) is 11.5 Å². The van der Waals surface area contributed by atoms with E-state index >= 15 is 0 Å². The molecule has 2 atom stereocenters. The maximum Gasteiger partial charge on any atom is 0.335 e. The molecule has 8 nitrogen and oxygen atoms in total. The number of anilines is 1. The lowest BCUT2D eigenvalue weighted by Crippen LogP contribution is -2.50. The third-order valence-electron chi connectivity index (χ3n) is 7.92. The monoisotopic (exact) mass is 554 g/mol. The molecule has 6 rings (SSSR count). The number of nitrogens with zero attached hydrogens (tertiary/aromatic N) is 2. The van der Waals surface area contributed by atoms with Gasteiger partial charge >= 0.3 is 12.0 Å². The van der Waals surface area contributed by atoms with E-state index in [-0.39, 0.29) is 17.6 Å². The summed E-state index contributed by atoms with van der Waals surface area (Å²) in [5.41, 5.74) is 3.26. The Balaban J connectivity index is 1.15. The molecule has 2 amide bonds.